The summed E-state index contributed by atoms with van der Waals surface area (Å²) in [4.78, 5) is 23.5. The first kappa shape index (κ1) is 17.8. The van der Waals surface area contributed by atoms with Gasteiger partial charge in [0.25, 0.3) is 5.91 Å². The first-order valence-corrected chi connectivity index (χ1v) is 6.99. The molecule has 0 saturated heterocycles. The lowest BCUT2D eigenvalue weighted by atomic mass is 10.1. The molecule has 0 radical (unpaired) electrons. The summed E-state index contributed by atoms with van der Waals surface area (Å²) in [6.07, 6.45) is -4.56. The van der Waals surface area contributed by atoms with Crippen LogP contribution in [0.2, 0.25) is 0 Å². The first-order chi connectivity index (χ1) is 11.2. The highest BCUT2D eigenvalue weighted by atomic mass is 35.5. The van der Waals surface area contributed by atoms with Crippen molar-refractivity contribution in [1.82, 2.24) is 0 Å². The fraction of sp³-hybridized carbons (Fsp3) is 0.125. The summed E-state index contributed by atoms with van der Waals surface area (Å²) in [7, 11) is 0. The number of para-hydroxylation sites is 1. The molecule has 8 heteroatoms. The van der Waals surface area contributed by atoms with E-state index in [-0.39, 0.29) is 17.0 Å². The molecular formula is C16H11ClF3NO3. The lowest BCUT2D eigenvalue weighted by Crippen LogP contribution is -2.22. The van der Waals surface area contributed by atoms with E-state index in [0.29, 0.717) is 4.42 Å². The number of benzene rings is 2. The molecule has 2 aromatic rings. The summed E-state index contributed by atoms with van der Waals surface area (Å²) in [6, 6.07) is 9.79. The second kappa shape index (κ2) is 6.92. The Morgan fingerprint density at radius 3 is 2.38 bits per heavy atom. The fourth-order valence-corrected chi connectivity index (χ4v) is 2.11. The van der Waals surface area contributed by atoms with Crippen molar-refractivity contribution in [2.24, 2.45) is 0 Å². The predicted octanol–water partition coefficient (Wildman–Crippen LogP) is 4.43. The van der Waals surface area contributed by atoms with Gasteiger partial charge in [-0.15, -0.1) is 0 Å². The molecule has 0 aliphatic rings. The molecule has 24 heavy (non-hydrogen) atoms. The van der Waals surface area contributed by atoms with Crippen LogP contribution >= 0.6 is 11.8 Å². The highest BCUT2D eigenvalue weighted by Gasteiger charge is 2.31. The molecule has 2 aromatic carbocycles. The van der Waals surface area contributed by atoms with E-state index in [9.17, 15) is 22.8 Å². The van der Waals surface area contributed by atoms with Gasteiger partial charge < -0.3 is 4.74 Å². The molecule has 0 aliphatic carbocycles. The molecule has 0 bridgehead atoms. The number of carbonyl (C=O) groups is 2. The number of halogens is 4. The van der Waals surface area contributed by atoms with Gasteiger partial charge in [-0.2, -0.15) is 13.2 Å². The molecule has 0 fully saturated rings. The number of ether oxygens (including phenoxy) is 1. The highest BCUT2D eigenvalue weighted by molar-refractivity contribution is 6.39. The van der Waals surface area contributed by atoms with Crippen LogP contribution in [0.5, 0.6) is 5.75 Å². The molecule has 0 aliphatic heterocycles. The van der Waals surface area contributed by atoms with Crippen LogP contribution in [0.15, 0.2) is 48.5 Å². The van der Waals surface area contributed by atoms with E-state index >= 15 is 0 Å². The molecule has 0 unspecified atom stereocenters. The van der Waals surface area contributed by atoms with E-state index < -0.39 is 23.6 Å². The monoisotopic (exact) mass is 357 g/mol. The number of esters is 1. The van der Waals surface area contributed by atoms with Crippen molar-refractivity contribution in [2.45, 2.75) is 13.1 Å². The van der Waals surface area contributed by atoms with Crippen LogP contribution in [0.1, 0.15) is 22.8 Å². The van der Waals surface area contributed by atoms with Gasteiger partial charge in [0.1, 0.15) is 5.75 Å². The normalized spacial score (nSPS) is 11.0. The van der Waals surface area contributed by atoms with Crippen LogP contribution in [0.25, 0.3) is 0 Å². The van der Waals surface area contributed by atoms with Crippen LogP contribution in [-0.4, -0.2) is 11.9 Å². The Balaban J connectivity index is 2.36. The van der Waals surface area contributed by atoms with Gasteiger partial charge in [0.15, 0.2) is 0 Å². The van der Waals surface area contributed by atoms with Crippen LogP contribution < -0.4 is 9.16 Å². The third-order valence-electron chi connectivity index (χ3n) is 2.95. The van der Waals surface area contributed by atoms with Gasteiger partial charge in [-0.1, -0.05) is 18.2 Å². The highest BCUT2D eigenvalue weighted by Crippen LogP contribution is 2.33. The number of alkyl halides is 3. The number of amides is 1. The Hall–Kier alpha value is -2.54. The number of nitrogens with zero attached hydrogens (tertiary/aromatic N) is 1. The maximum atomic E-state index is 12.8. The van der Waals surface area contributed by atoms with Crippen molar-refractivity contribution in [2.75, 3.05) is 4.42 Å². The zero-order chi connectivity index (χ0) is 17.9. The minimum absolute atomic E-state index is 0.0346. The van der Waals surface area contributed by atoms with Crippen molar-refractivity contribution in [1.29, 1.82) is 0 Å². The molecular weight excluding hydrogens is 347 g/mol. The van der Waals surface area contributed by atoms with Gasteiger partial charge in [-0.05, 0) is 30.3 Å². The van der Waals surface area contributed by atoms with E-state index in [0.717, 1.165) is 25.1 Å². The van der Waals surface area contributed by atoms with Crippen molar-refractivity contribution < 1.29 is 27.5 Å². The van der Waals surface area contributed by atoms with Crippen LogP contribution in [0, 0.1) is 0 Å². The minimum Gasteiger partial charge on any atom is -0.426 e. The van der Waals surface area contributed by atoms with E-state index in [1.807, 2.05) is 0 Å². The van der Waals surface area contributed by atoms with Gasteiger partial charge in [0, 0.05) is 18.7 Å². The van der Waals surface area contributed by atoms with E-state index in [2.05, 4.69) is 0 Å². The van der Waals surface area contributed by atoms with Gasteiger partial charge >= 0.3 is 12.1 Å². The zero-order valence-corrected chi connectivity index (χ0v) is 13.1. The van der Waals surface area contributed by atoms with E-state index in [1.54, 1.807) is 0 Å². The zero-order valence-electron chi connectivity index (χ0n) is 12.3. The van der Waals surface area contributed by atoms with Gasteiger partial charge in [-0.3, -0.25) is 9.59 Å². The number of carbonyl (C=O) groups excluding carboxylic acids is 2. The third-order valence-corrected chi connectivity index (χ3v) is 3.30. The minimum atomic E-state index is -4.56. The Bertz CT molecular complexity index is 777. The molecule has 1 amide bonds. The van der Waals surface area contributed by atoms with Crippen molar-refractivity contribution in [3.05, 3.63) is 59.7 Å². The summed E-state index contributed by atoms with van der Waals surface area (Å²) in [5.74, 6) is -1.50. The Labute approximate surface area is 140 Å². The van der Waals surface area contributed by atoms with Gasteiger partial charge in [0.05, 0.1) is 16.8 Å². The lowest BCUT2D eigenvalue weighted by molar-refractivity contribution is -0.137. The average molecular weight is 358 g/mol. The van der Waals surface area contributed by atoms with Crippen LogP contribution in [0.4, 0.5) is 18.9 Å². The Kier molecular flexibility index (Phi) is 5.14. The Morgan fingerprint density at radius 1 is 1.08 bits per heavy atom. The van der Waals surface area contributed by atoms with Gasteiger partial charge in [-0.25, -0.2) is 4.42 Å². The summed E-state index contributed by atoms with van der Waals surface area (Å²) in [5.41, 5.74) is -1.15. The average Bonchev–Trinajstić information content (AvgIpc) is 2.53. The molecule has 2 rings (SSSR count). The molecule has 126 valence electrons. The summed E-state index contributed by atoms with van der Waals surface area (Å²) >= 11 is 5.90. The number of anilines is 1. The second-order valence-corrected chi connectivity index (χ2v) is 5.06. The fourth-order valence-electron chi connectivity index (χ4n) is 1.91. The Morgan fingerprint density at radius 2 is 1.75 bits per heavy atom. The number of hydrogen-bond donors (Lipinski definition) is 0. The summed E-state index contributed by atoms with van der Waals surface area (Å²) in [5, 5.41) is 0. The molecule has 0 heterocycles. The molecule has 0 aromatic heterocycles. The smallest absolute Gasteiger partial charge is 0.416 e. The second-order valence-electron chi connectivity index (χ2n) is 4.72. The maximum Gasteiger partial charge on any atom is 0.416 e. The molecule has 0 N–H and O–H groups in total. The van der Waals surface area contributed by atoms with E-state index in [1.165, 1.54) is 30.3 Å². The largest absolute Gasteiger partial charge is 0.426 e. The van der Waals surface area contributed by atoms with Crippen LogP contribution in [0.3, 0.4) is 0 Å². The van der Waals surface area contributed by atoms with Crippen LogP contribution in [-0.2, 0) is 11.0 Å². The maximum absolute atomic E-state index is 12.8. The molecule has 0 atom stereocenters. The number of rotatable bonds is 3. The summed E-state index contributed by atoms with van der Waals surface area (Å²) in [6.45, 7) is 1.16. The molecule has 4 nitrogen and oxygen atoms in total. The first-order valence-electron chi connectivity index (χ1n) is 6.65. The SMILES string of the molecule is CC(=O)Oc1ccccc1C(=O)N(Cl)c1cccc(C(F)(F)F)c1. The third kappa shape index (κ3) is 4.05. The van der Waals surface area contributed by atoms with Gasteiger partial charge in [0.2, 0.25) is 0 Å². The lowest BCUT2D eigenvalue weighted by Gasteiger charge is -2.17. The topological polar surface area (TPSA) is 46.6 Å². The predicted molar refractivity (Wildman–Crippen MR) is 81.9 cm³/mol. The van der Waals surface area contributed by atoms with E-state index in [4.69, 9.17) is 16.5 Å². The summed E-state index contributed by atoms with van der Waals surface area (Å²) < 4.78 is 43.7. The molecule has 0 saturated carbocycles. The number of hydrogen-bond acceptors (Lipinski definition) is 3. The van der Waals surface area contributed by atoms with Crippen molar-refractivity contribution in [3.8, 4) is 5.75 Å². The van der Waals surface area contributed by atoms with Crippen molar-refractivity contribution >= 4 is 29.3 Å². The quantitative estimate of drug-likeness (QED) is 0.464. The standard InChI is InChI=1S/C16H11ClF3NO3/c1-10(22)24-14-8-3-2-7-13(14)15(23)21(17)12-6-4-5-11(9-12)16(18,19)20/h2-9H,1H3. The molecule has 0 spiro atoms. The van der Waals surface area contributed by atoms with Crippen molar-refractivity contribution in [3.63, 3.8) is 0 Å².